The highest BCUT2D eigenvalue weighted by atomic mass is 19.3. The second kappa shape index (κ2) is 4.02. The average Bonchev–Trinajstić information content (AvgIpc) is 1.82. The summed E-state index contributed by atoms with van der Waals surface area (Å²) in [7, 11) is 0. The van der Waals surface area contributed by atoms with Crippen LogP contribution in [-0.4, -0.2) is 6.43 Å². The smallest absolute Gasteiger partial charge is 0.205 e. The van der Waals surface area contributed by atoms with Crippen molar-refractivity contribution in [1.29, 1.82) is 5.26 Å². The number of alkyl halides is 2. The summed E-state index contributed by atoms with van der Waals surface area (Å²) in [4.78, 5) is 0. The SMILES string of the molecule is CC/C(=C\C#N)C(F)F. The Morgan fingerprint density at radius 3 is 2.44 bits per heavy atom. The van der Waals surface area contributed by atoms with Gasteiger partial charge in [0.25, 0.3) is 6.43 Å². The van der Waals surface area contributed by atoms with Gasteiger partial charge in [0, 0.05) is 11.6 Å². The van der Waals surface area contributed by atoms with E-state index in [1.54, 1.807) is 13.0 Å². The number of allylic oxidation sites excluding steroid dienone is 2. The van der Waals surface area contributed by atoms with E-state index in [-0.39, 0.29) is 12.0 Å². The van der Waals surface area contributed by atoms with Gasteiger partial charge in [-0.25, -0.2) is 8.78 Å². The molecule has 0 aliphatic heterocycles. The number of hydrogen-bond donors (Lipinski definition) is 0. The predicted molar refractivity (Wildman–Crippen MR) is 30.0 cm³/mol. The fraction of sp³-hybridized carbons (Fsp3) is 0.500. The van der Waals surface area contributed by atoms with Crippen LogP contribution in [0.3, 0.4) is 0 Å². The lowest BCUT2D eigenvalue weighted by atomic mass is 10.2. The molecule has 0 atom stereocenters. The number of halogens is 2. The monoisotopic (exact) mass is 131 g/mol. The van der Waals surface area contributed by atoms with E-state index in [1.165, 1.54) is 0 Å². The maximum absolute atomic E-state index is 11.7. The third-order valence-electron chi connectivity index (χ3n) is 0.938. The zero-order valence-corrected chi connectivity index (χ0v) is 5.06. The molecule has 9 heavy (non-hydrogen) atoms. The van der Waals surface area contributed by atoms with Crippen LogP contribution in [0.5, 0.6) is 0 Å². The molecule has 0 spiro atoms. The molecule has 0 aliphatic carbocycles. The molecule has 0 heterocycles. The Morgan fingerprint density at radius 2 is 2.33 bits per heavy atom. The molecular formula is C6H7F2N. The van der Waals surface area contributed by atoms with Gasteiger partial charge in [-0.05, 0) is 6.42 Å². The van der Waals surface area contributed by atoms with E-state index in [4.69, 9.17) is 5.26 Å². The second-order valence-corrected chi connectivity index (χ2v) is 1.50. The number of nitriles is 1. The molecule has 50 valence electrons. The lowest BCUT2D eigenvalue weighted by Gasteiger charge is -1.96. The van der Waals surface area contributed by atoms with Crippen molar-refractivity contribution in [3.05, 3.63) is 11.6 Å². The van der Waals surface area contributed by atoms with Crippen molar-refractivity contribution in [1.82, 2.24) is 0 Å². The molecule has 0 unspecified atom stereocenters. The first kappa shape index (κ1) is 8.09. The number of rotatable bonds is 2. The molecule has 0 aromatic carbocycles. The number of nitrogens with zero attached hydrogens (tertiary/aromatic N) is 1. The van der Waals surface area contributed by atoms with Gasteiger partial charge in [0.1, 0.15) is 0 Å². The summed E-state index contributed by atoms with van der Waals surface area (Å²) in [5.74, 6) is 0. The molecule has 0 aromatic heterocycles. The molecule has 0 radical (unpaired) electrons. The van der Waals surface area contributed by atoms with Gasteiger partial charge < -0.3 is 0 Å². The second-order valence-electron chi connectivity index (χ2n) is 1.50. The molecule has 0 aromatic rings. The van der Waals surface area contributed by atoms with Crippen LogP contribution in [0.25, 0.3) is 0 Å². The van der Waals surface area contributed by atoms with Gasteiger partial charge in [0.2, 0.25) is 0 Å². The summed E-state index contributed by atoms with van der Waals surface area (Å²) in [6, 6.07) is 1.56. The predicted octanol–water partition coefficient (Wildman–Crippen LogP) is 2.11. The molecule has 0 aliphatic rings. The Kier molecular flexibility index (Phi) is 3.61. The van der Waals surface area contributed by atoms with Crippen LogP contribution in [-0.2, 0) is 0 Å². The molecule has 0 bridgehead atoms. The van der Waals surface area contributed by atoms with E-state index in [9.17, 15) is 8.78 Å². The highest BCUT2D eigenvalue weighted by Gasteiger charge is 2.06. The Bertz CT molecular complexity index is 144. The molecule has 0 saturated carbocycles. The van der Waals surface area contributed by atoms with Crippen LogP contribution in [0.4, 0.5) is 8.78 Å². The van der Waals surface area contributed by atoms with Crippen molar-refractivity contribution in [2.75, 3.05) is 0 Å². The van der Waals surface area contributed by atoms with Gasteiger partial charge in [-0.15, -0.1) is 0 Å². The highest BCUT2D eigenvalue weighted by Crippen LogP contribution is 2.10. The normalized spacial score (nSPS) is 11.7. The summed E-state index contributed by atoms with van der Waals surface area (Å²) in [6.07, 6.45) is -1.34. The maximum Gasteiger partial charge on any atom is 0.260 e. The number of hydrogen-bond acceptors (Lipinski definition) is 1. The van der Waals surface area contributed by atoms with E-state index in [0.717, 1.165) is 6.08 Å². The molecule has 0 rings (SSSR count). The van der Waals surface area contributed by atoms with Crippen molar-refractivity contribution in [3.8, 4) is 6.07 Å². The van der Waals surface area contributed by atoms with Crippen LogP contribution in [0, 0.1) is 11.3 Å². The van der Waals surface area contributed by atoms with Gasteiger partial charge in [-0.3, -0.25) is 0 Å². The van der Waals surface area contributed by atoms with E-state index in [2.05, 4.69) is 0 Å². The molecule has 3 heteroatoms. The van der Waals surface area contributed by atoms with Crippen LogP contribution in [0.1, 0.15) is 13.3 Å². The minimum absolute atomic E-state index is 0.0995. The van der Waals surface area contributed by atoms with Crippen LogP contribution in [0.2, 0.25) is 0 Å². The molecule has 0 N–H and O–H groups in total. The van der Waals surface area contributed by atoms with Crippen molar-refractivity contribution in [3.63, 3.8) is 0 Å². The Labute approximate surface area is 52.6 Å². The van der Waals surface area contributed by atoms with Gasteiger partial charge >= 0.3 is 0 Å². The van der Waals surface area contributed by atoms with Gasteiger partial charge in [0.15, 0.2) is 0 Å². The Hall–Kier alpha value is -0.910. The molecule has 0 fully saturated rings. The topological polar surface area (TPSA) is 23.8 Å². The fourth-order valence-electron chi connectivity index (χ4n) is 0.402. The lowest BCUT2D eigenvalue weighted by molar-refractivity contribution is 0.186. The quantitative estimate of drug-likeness (QED) is 0.526. The van der Waals surface area contributed by atoms with E-state index in [1.807, 2.05) is 0 Å². The Morgan fingerprint density at radius 1 is 1.78 bits per heavy atom. The van der Waals surface area contributed by atoms with Crippen molar-refractivity contribution in [2.45, 2.75) is 19.8 Å². The third kappa shape index (κ3) is 2.81. The molecule has 0 saturated heterocycles. The minimum Gasteiger partial charge on any atom is -0.205 e. The summed E-state index contributed by atoms with van der Waals surface area (Å²) < 4.78 is 23.3. The van der Waals surface area contributed by atoms with Gasteiger partial charge in [-0.1, -0.05) is 6.92 Å². The fourth-order valence-corrected chi connectivity index (χ4v) is 0.402. The lowest BCUT2D eigenvalue weighted by Crippen LogP contribution is -1.93. The molecular weight excluding hydrogens is 124 g/mol. The third-order valence-corrected chi connectivity index (χ3v) is 0.938. The minimum atomic E-state index is -2.48. The van der Waals surface area contributed by atoms with Crippen LogP contribution in [0.15, 0.2) is 11.6 Å². The first-order chi connectivity index (χ1) is 4.22. The largest absolute Gasteiger partial charge is 0.260 e. The van der Waals surface area contributed by atoms with Crippen molar-refractivity contribution in [2.24, 2.45) is 0 Å². The maximum atomic E-state index is 11.7. The van der Waals surface area contributed by atoms with E-state index < -0.39 is 6.43 Å². The van der Waals surface area contributed by atoms with Crippen LogP contribution >= 0.6 is 0 Å². The average molecular weight is 131 g/mol. The summed E-state index contributed by atoms with van der Waals surface area (Å²) in [5, 5.41) is 7.96. The van der Waals surface area contributed by atoms with E-state index >= 15 is 0 Å². The van der Waals surface area contributed by atoms with Gasteiger partial charge in [-0.2, -0.15) is 5.26 Å². The standard InChI is InChI=1S/C6H7F2N/c1-2-5(3-4-9)6(7)8/h3,6H,2H2,1H3/b5-3+. The van der Waals surface area contributed by atoms with Crippen LogP contribution < -0.4 is 0 Å². The van der Waals surface area contributed by atoms with Crippen molar-refractivity contribution < 1.29 is 8.78 Å². The molecule has 1 nitrogen and oxygen atoms in total. The summed E-state index contributed by atoms with van der Waals surface area (Å²) in [6.45, 7) is 1.59. The first-order valence-electron chi connectivity index (χ1n) is 2.59. The Balaban J connectivity index is 4.02. The zero-order valence-electron chi connectivity index (χ0n) is 5.06. The van der Waals surface area contributed by atoms with Crippen molar-refractivity contribution >= 4 is 0 Å². The highest BCUT2D eigenvalue weighted by molar-refractivity contribution is 5.14. The summed E-state index contributed by atoms with van der Waals surface area (Å²) in [5.41, 5.74) is -0.0995. The van der Waals surface area contributed by atoms with E-state index in [0.29, 0.717) is 0 Å². The van der Waals surface area contributed by atoms with Gasteiger partial charge in [0.05, 0.1) is 6.07 Å². The first-order valence-corrected chi connectivity index (χ1v) is 2.59. The summed E-state index contributed by atoms with van der Waals surface area (Å²) >= 11 is 0. The zero-order chi connectivity index (χ0) is 7.28. The molecule has 0 amide bonds.